The number of amides is 1. The topological polar surface area (TPSA) is 85.8 Å². The van der Waals surface area contributed by atoms with Gasteiger partial charge >= 0.3 is 0 Å². The number of anilines is 2. The number of para-hydroxylation sites is 1. The van der Waals surface area contributed by atoms with Crippen LogP contribution in [0.3, 0.4) is 0 Å². The van der Waals surface area contributed by atoms with Crippen LogP contribution in [0.1, 0.15) is 21.7 Å². The quantitative estimate of drug-likeness (QED) is 0.439. The molecule has 5 aromatic rings. The van der Waals surface area contributed by atoms with Gasteiger partial charge in [0.15, 0.2) is 5.65 Å². The summed E-state index contributed by atoms with van der Waals surface area (Å²) >= 11 is 0. The van der Waals surface area contributed by atoms with E-state index in [0.717, 1.165) is 33.1 Å². The number of nitrogens with one attached hydrogen (secondary N) is 1. The predicted octanol–water partition coefficient (Wildman–Crippen LogP) is 5.03. The third kappa shape index (κ3) is 3.28. The Morgan fingerprint density at radius 3 is 2.45 bits per heavy atom. The van der Waals surface area contributed by atoms with Gasteiger partial charge in [0.2, 0.25) is 5.82 Å². The zero-order valence-electron chi connectivity index (χ0n) is 17.3. The van der Waals surface area contributed by atoms with E-state index in [-0.39, 0.29) is 11.6 Å². The van der Waals surface area contributed by atoms with Crippen LogP contribution < -0.4 is 11.1 Å². The molecule has 1 amide bonds. The lowest BCUT2D eigenvalue weighted by atomic mass is 10.2. The van der Waals surface area contributed by atoms with Crippen molar-refractivity contribution in [1.29, 1.82) is 0 Å². The van der Waals surface area contributed by atoms with Gasteiger partial charge in [0, 0.05) is 16.8 Å². The number of carbonyl (C=O) groups is 1. The normalized spacial score (nSPS) is 11.2. The van der Waals surface area contributed by atoms with Gasteiger partial charge in [0.25, 0.3) is 5.91 Å². The second-order valence-electron chi connectivity index (χ2n) is 7.64. The molecule has 0 radical (unpaired) electrons. The Balaban J connectivity index is 1.71. The Hall–Kier alpha value is -4.19. The molecule has 5 rings (SSSR count). The molecule has 0 saturated carbocycles. The number of rotatable bonds is 3. The fraction of sp³-hybridized carbons (Fsp3) is 0.0800. The van der Waals surface area contributed by atoms with E-state index < -0.39 is 5.91 Å². The number of nitrogen functional groups attached to an aromatic ring is 1. The van der Waals surface area contributed by atoms with Gasteiger partial charge in [-0.1, -0.05) is 48.0 Å². The molecule has 152 valence electrons. The minimum atomic E-state index is -0.403. The highest BCUT2D eigenvalue weighted by Gasteiger charge is 2.20. The lowest BCUT2D eigenvalue weighted by molar-refractivity contribution is 0.101. The Kier molecular flexibility index (Phi) is 4.40. The van der Waals surface area contributed by atoms with Crippen molar-refractivity contribution in [2.45, 2.75) is 13.8 Å². The summed E-state index contributed by atoms with van der Waals surface area (Å²) in [5.41, 5.74) is 11.8. The van der Waals surface area contributed by atoms with E-state index in [4.69, 9.17) is 5.73 Å². The average Bonchev–Trinajstić information content (AvgIpc) is 3.09. The van der Waals surface area contributed by atoms with Gasteiger partial charge in [-0.05, 0) is 49.7 Å². The van der Waals surface area contributed by atoms with E-state index in [1.807, 2.05) is 91.2 Å². The maximum Gasteiger partial charge on any atom is 0.293 e. The number of hydrogen-bond acceptors (Lipinski definition) is 4. The number of nitrogens with zero attached hydrogens (tertiary/aromatic N) is 3. The van der Waals surface area contributed by atoms with Gasteiger partial charge < -0.3 is 11.1 Å². The molecule has 0 aliphatic heterocycles. The van der Waals surface area contributed by atoms with Crippen LogP contribution in [0.5, 0.6) is 0 Å². The minimum absolute atomic E-state index is 0.0303. The van der Waals surface area contributed by atoms with Gasteiger partial charge in [-0.2, -0.15) is 0 Å². The summed E-state index contributed by atoms with van der Waals surface area (Å²) in [6.45, 7) is 4.01. The van der Waals surface area contributed by atoms with Crippen molar-refractivity contribution in [3.63, 3.8) is 0 Å². The predicted molar refractivity (Wildman–Crippen MR) is 125 cm³/mol. The first-order chi connectivity index (χ1) is 15.0. The molecule has 2 aromatic heterocycles. The lowest BCUT2D eigenvalue weighted by Crippen LogP contribution is -2.17. The number of hydrogen-bond donors (Lipinski definition) is 2. The summed E-state index contributed by atoms with van der Waals surface area (Å²) in [5.74, 6) is -0.0935. The summed E-state index contributed by atoms with van der Waals surface area (Å²) in [6, 6.07) is 23.7. The van der Waals surface area contributed by atoms with Crippen LogP contribution in [0, 0.1) is 13.8 Å². The summed E-state index contributed by atoms with van der Waals surface area (Å²) in [5, 5.41) is 4.55. The van der Waals surface area contributed by atoms with Gasteiger partial charge in [-0.15, -0.1) is 0 Å². The third-order valence-corrected chi connectivity index (χ3v) is 5.32. The van der Waals surface area contributed by atoms with Crippen molar-refractivity contribution in [1.82, 2.24) is 14.5 Å². The molecule has 0 atom stereocenters. The first kappa shape index (κ1) is 18.8. The molecule has 3 aromatic carbocycles. The molecule has 0 fully saturated rings. The number of fused-ring (bicyclic) bond motifs is 3. The highest BCUT2D eigenvalue weighted by Crippen LogP contribution is 2.33. The maximum atomic E-state index is 12.9. The minimum Gasteiger partial charge on any atom is -0.383 e. The third-order valence-electron chi connectivity index (χ3n) is 5.32. The largest absolute Gasteiger partial charge is 0.383 e. The van der Waals surface area contributed by atoms with E-state index in [0.29, 0.717) is 11.3 Å². The van der Waals surface area contributed by atoms with Crippen LogP contribution in [-0.4, -0.2) is 20.4 Å². The molecule has 0 saturated heterocycles. The Bertz CT molecular complexity index is 1450. The van der Waals surface area contributed by atoms with Crippen LogP contribution in [0.4, 0.5) is 11.5 Å². The number of aromatic nitrogens is 3. The van der Waals surface area contributed by atoms with E-state index in [2.05, 4.69) is 15.3 Å². The highest BCUT2D eigenvalue weighted by molar-refractivity contribution is 6.13. The van der Waals surface area contributed by atoms with Crippen LogP contribution in [0.25, 0.3) is 27.6 Å². The van der Waals surface area contributed by atoms with Crippen LogP contribution in [-0.2, 0) is 0 Å². The van der Waals surface area contributed by atoms with Crippen molar-refractivity contribution in [3.8, 4) is 5.69 Å². The van der Waals surface area contributed by atoms with E-state index in [1.54, 1.807) is 0 Å². The van der Waals surface area contributed by atoms with E-state index >= 15 is 0 Å². The van der Waals surface area contributed by atoms with Crippen LogP contribution >= 0.6 is 0 Å². The Labute approximate surface area is 179 Å². The van der Waals surface area contributed by atoms with Crippen LogP contribution in [0.2, 0.25) is 0 Å². The molecule has 0 bridgehead atoms. The monoisotopic (exact) mass is 407 g/mol. The molecular weight excluding hydrogens is 386 g/mol. The number of nitrogens with two attached hydrogens (primary N) is 1. The maximum absolute atomic E-state index is 12.9. The molecular formula is C25H21N5O. The highest BCUT2D eigenvalue weighted by atomic mass is 16.2. The molecule has 2 heterocycles. The second kappa shape index (κ2) is 7.25. The van der Waals surface area contributed by atoms with E-state index in [9.17, 15) is 4.79 Å². The first-order valence-corrected chi connectivity index (χ1v) is 10.0. The second-order valence-corrected chi connectivity index (χ2v) is 7.64. The first-order valence-electron chi connectivity index (χ1n) is 10.0. The summed E-state index contributed by atoms with van der Waals surface area (Å²) in [4.78, 5) is 21.9. The van der Waals surface area contributed by atoms with E-state index in [1.165, 1.54) is 0 Å². The fourth-order valence-corrected chi connectivity index (χ4v) is 3.85. The fourth-order valence-electron chi connectivity index (χ4n) is 3.85. The van der Waals surface area contributed by atoms with Crippen LogP contribution in [0.15, 0.2) is 72.8 Å². The number of aryl methyl sites for hydroxylation is 2. The van der Waals surface area contributed by atoms with Crippen molar-refractivity contribution >= 4 is 39.3 Å². The summed E-state index contributed by atoms with van der Waals surface area (Å²) < 4.78 is 2.02. The molecule has 31 heavy (non-hydrogen) atoms. The zero-order valence-corrected chi connectivity index (χ0v) is 17.3. The van der Waals surface area contributed by atoms with Crippen molar-refractivity contribution in [2.75, 3.05) is 11.1 Å². The van der Waals surface area contributed by atoms with Crippen molar-refractivity contribution in [2.24, 2.45) is 0 Å². The van der Waals surface area contributed by atoms with Crippen molar-refractivity contribution < 1.29 is 4.79 Å². The molecule has 0 unspecified atom stereocenters. The molecule has 0 aliphatic carbocycles. The average molecular weight is 407 g/mol. The molecule has 6 heteroatoms. The molecule has 0 aliphatic rings. The SMILES string of the molecule is Cc1ccc(-n2c3ccccc3c3c(N)nc(C(=O)Nc4cccc(C)c4)nc32)cc1. The molecule has 0 spiro atoms. The van der Waals surface area contributed by atoms with Gasteiger partial charge in [-0.25, -0.2) is 9.97 Å². The molecule has 6 nitrogen and oxygen atoms in total. The smallest absolute Gasteiger partial charge is 0.293 e. The van der Waals surface area contributed by atoms with Gasteiger partial charge in [0.1, 0.15) is 5.82 Å². The van der Waals surface area contributed by atoms with Gasteiger partial charge in [0.05, 0.1) is 10.9 Å². The molecule has 3 N–H and O–H groups in total. The standard InChI is InChI=1S/C25H21N5O/c1-15-10-12-18(13-11-15)30-20-9-4-3-8-19(20)21-22(26)28-23(29-24(21)30)25(31)27-17-7-5-6-16(2)14-17/h3-14H,1-2H3,(H,27,31)(H2,26,28,29). The van der Waals surface area contributed by atoms with Crippen molar-refractivity contribution in [3.05, 3.63) is 89.7 Å². The zero-order chi connectivity index (χ0) is 21.5. The number of carbonyl (C=O) groups excluding carboxylic acids is 1. The Morgan fingerprint density at radius 1 is 0.903 bits per heavy atom. The number of benzene rings is 3. The lowest BCUT2D eigenvalue weighted by Gasteiger charge is -2.09. The van der Waals surface area contributed by atoms with Gasteiger partial charge in [-0.3, -0.25) is 9.36 Å². The summed E-state index contributed by atoms with van der Waals surface area (Å²) in [6.07, 6.45) is 0. The Morgan fingerprint density at radius 2 is 1.68 bits per heavy atom. The summed E-state index contributed by atoms with van der Waals surface area (Å²) in [7, 11) is 0.